The van der Waals surface area contributed by atoms with Crippen LogP contribution in [0.5, 0.6) is 0 Å². The Kier molecular flexibility index (Phi) is 4.38. The van der Waals surface area contributed by atoms with Gasteiger partial charge in [-0.25, -0.2) is 0 Å². The molecule has 0 saturated heterocycles. The van der Waals surface area contributed by atoms with Crippen molar-refractivity contribution in [1.82, 2.24) is 0 Å². The molecule has 3 aliphatic rings. The first-order valence-corrected chi connectivity index (χ1v) is 17.0. The zero-order chi connectivity index (χ0) is 25.0. The molecule has 0 N–H and O–H groups in total. The number of rotatable bonds is 1. The number of carbonyl (C=O) groups excluding carboxylic acids is 2. The summed E-state index contributed by atoms with van der Waals surface area (Å²) in [7, 11) is -1.87. The van der Waals surface area contributed by atoms with E-state index in [9.17, 15) is 9.59 Å². The van der Waals surface area contributed by atoms with Gasteiger partial charge in [0, 0.05) is 0 Å². The Labute approximate surface area is 217 Å². The summed E-state index contributed by atoms with van der Waals surface area (Å²) in [5.41, 5.74) is 6.48. The fourth-order valence-corrected chi connectivity index (χ4v) is 11.9. The van der Waals surface area contributed by atoms with Crippen LogP contribution in [0.4, 0.5) is 15.9 Å². The van der Waals surface area contributed by atoms with Crippen molar-refractivity contribution in [2.45, 2.75) is 32.4 Å². The van der Waals surface area contributed by atoms with Crippen LogP contribution in [0.1, 0.15) is 50.1 Å². The Balaban J connectivity index is 1.46. The van der Waals surface area contributed by atoms with E-state index in [1.165, 1.54) is 37.4 Å². The molecule has 5 heteroatoms. The van der Waals surface area contributed by atoms with Crippen LogP contribution >= 0.6 is 0 Å². The third-order valence-corrected chi connectivity index (χ3v) is 14.0. The third-order valence-electron chi connectivity index (χ3n) is 8.22. The molecule has 0 amide bonds. The molecule has 3 aromatic carbocycles. The summed E-state index contributed by atoms with van der Waals surface area (Å²) in [6.45, 7) is 9.54. The number of para-hydroxylation sites is 2. The van der Waals surface area contributed by atoms with Crippen molar-refractivity contribution in [2.24, 2.45) is 0 Å². The molecule has 0 saturated carbocycles. The van der Waals surface area contributed by atoms with Crippen LogP contribution in [0, 0.1) is 0 Å². The average Bonchev–Trinajstić information content (AvgIpc) is 3.40. The Morgan fingerprint density at radius 2 is 1.44 bits per heavy atom. The van der Waals surface area contributed by atoms with E-state index in [2.05, 4.69) is 80.4 Å². The molecule has 0 atom stereocenters. The van der Waals surface area contributed by atoms with E-state index in [0.29, 0.717) is 16.7 Å². The van der Waals surface area contributed by atoms with Gasteiger partial charge >= 0.3 is 218 Å². The Morgan fingerprint density at radius 1 is 0.806 bits per heavy atom. The molecule has 3 nitrogen and oxygen atoms in total. The number of Topliss-reactive ketones (excluding diaryl/α,β-unsaturated/α-hetero) is 2. The van der Waals surface area contributed by atoms with Gasteiger partial charge in [-0.15, -0.1) is 0 Å². The number of fused-ring (bicyclic) bond motifs is 5. The predicted octanol–water partition coefficient (Wildman–Crippen LogP) is 5.45. The van der Waals surface area contributed by atoms with Crippen molar-refractivity contribution in [1.29, 1.82) is 0 Å². The van der Waals surface area contributed by atoms with Gasteiger partial charge in [-0.05, 0) is 0 Å². The van der Waals surface area contributed by atoms with E-state index < -0.39 is 8.07 Å². The van der Waals surface area contributed by atoms with Gasteiger partial charge in [0.25, 0.3) is 0 Å². The Bertz CT molecular complexity index is 1650. The average molecular weight is 551 g/mol. The van der Waals surface area contributed by atoms with Crippen LogP contribution in [0.15, 0.2) is 78.4 Å². The van der Waals surface area contributed by atoms with Gasteiger partial charge < -0.3 is 0 Å². The fourth-order valence-electron chi connectivity index (χ4n) is 6.24. The van der Waals surface area contributed by atoms with Crippen LogP contribution in [0.3, 0.4) is 0 Å². The molecule has 0 fully saturated rings. The topological polar surface area (TPSA) is 37.4 Å². The van der Waals surface area contributed by atoms with Crippen molar-refractivity contribution in [3.05, 3.63) is 105 Å². The van der Waals surface area contributed by atoms with E-state index in [1.54, 1.807) is 12.1 Å². The number of ketones is 2. The molecule has 0 spiro atoms. The molecule has 7 rings (SSSR count). The van der Waals surface area contributed by atoms with Crippen LogP contribution in [0.25, 0.3) is 6.08 Å². The molecule has 0 radical (unpaired) electrons. The second-order valence-electron chi connectivity index (χ2n) is 10.9. The zero-order valence-electron chi connectivity index (χ0n) is 20.7. The summed E-state index contributed by atoms with van der Waals surface area (Å²) >= 11 is -0.0319. The normalized spacial score (nSPS) is 17.9. The van der Waals surface area contributed by atoms with Crippen molar-refractivity contribution in [2.75, 3.05) is 4.90 Å². The van der Waals surface area contributed by atoms with Crippen molar-refractivity contribution in [3.63, 3.8) is 0 Å². The summed E-state index contributed by atoms with van der Waals surface area (Å²) in [6, 6.07) is 25.1. The Hall–Kier alpha value is -3.24. The number of benzene rings is 3. The molecular weight excluding hydrogens is 525 g/mol. The molecule has 0 bridgehead atoms. The first-order valence-electron chi connectivity index (χ1n) is 12.3. The monoisotopic (exact) mass is 551 g/mol. The number of carbonyl (C=O) groups is 2. The number of hydrogen-bond acceptors (Lipinski definition) is 3. The van der Waals surface area contributed by atoms with E-state index in [0.717, 1.165) is 4.44 Å². The quantitative estimate of drug-likeness (QED) is 0.180. The second-order valence-corrected chi connectivity index (χ2v) is 17.5. The first-order chi connectivity index (χ1) is 17.2. The summed E-state index contributed by atoms with van der Waals surface area (Å²) in [5, 5.41) is 2.94. The standard InChI is InChI=1S/C31H25NO2SeSi/c1-31(2)22-12-9-15-26-27(22)32(24-13-7-8-14-25(24)36(26,3)4)30-23(31)17-18(35-30)16-21-28(33)19-10-5-6-11-20(19)29(21)34/h5-17H,1-4H3. The van der Waals surface area contributed by atoms with Gasteiger partial charge in [0.1, 0.15) is 0 Å². The van der Waals surface area contributed by atoms with Crippen LogP contribution in [-0.4, -0.2) is 34.1 Å². The van der Waals surface area contributed by atoms with E-state index in [1.807, 2.05) is 18.2 Å². The van der Waals surface area contributed by atoms with Gasteiger partial charge in [-0.3, -0.25) is 0 Å². The summed E-state index contributed by atoms with van der Waals surface area (Å²) in [5.74, 6) is -0.309. The van der Waals surface area contributed by atoms with Gasteiger partial charge in [0.15, 0.2) is 0 Å². The maximum absolute atomic E-state index is 13.1. The predicted molar refractivity (Wildman–Crippen MR) is 150 cm³/mol. The van der Waals surface area contributed by atoms with E-state index >= 15 is 0 Å². The number of anilines is 3. The van der Waals surface area contributed by atoms with Gasteiger partial charge in [0.05, 0.1) is 0 Å². The SMILES string of the molecule is CC1(C)c2cc(C=C3C(=O)c4ccccc4C3=O)[se]c2N2c3ccccc3[Si](C)(C)c3cccc1c32. The number of nitrogens with zero attached hydrogens (tertiary/aromatic N) is 1. The number of allylic oxidation sites excluding steroid dienone is 1. The van der Waals surface area contributed by atoms with E-state index in [4.69, 9.17) is 0 Å². The molecule has 4 aromatic rings. The molecule has 2 aliphatic heterocycles. The van der Waals surface area contributed by atoms with E-state index in [-0.39, 0.29) is 31.5 Å². The van der Waals surface area contributed by atoms with Crippen LogP contribution < -0.4 is 15.3 Å². The summed E-state index contributed by atoms with van der Waals surface area (Å²) in [6.07, 6.45) is 1.87. The molecule has 1 aromatic heterocycles. The number of hydrogen-bond donors (Lipinski definition) is 0. The molecule has 176 valence electrons. The molecular formula is C31H25NO2SeSi. The molecule has 36 heavy (non-hydrogen) atoms. The maximum atomic E-state index is 13.1. The van der Waals surface area contributed by atoms with Crippen molar-refractivity contribution >= 4 is 66.5 Å². The Morgan fingerprint density at radius 3 is 2.17 bits per heavy atom. The summed E-state index contributed by atoms with van der Waals surface area (Å²) in [4.78, 5) is 28.7. The van der Waals surface area contributed by atoms with Gasteiger partial charge in [0.2, 0.25) is 0 Å². The van der Waals surface area contributed by atoms with Crippen LogP contribution in [0.2, 0.25) is 13.1 Å². The first kappa shape index (κ1) is 22.0. The molecule has 3 heterocycles. The fraction of sp³-hybridized carbons (Fsp3) is 0.161. The zero-order valence-corrected chi connectivity index (χ0v) is 23.4. The minimum absolute atomic E-state index is 0.0319. The minimum atomic E-state index is -1.87. The molecule has 1 aliphatic carbocycles. The van der Waals surface area contributed by atoms with Gasteiger partial charge in [-0.1, -0.05) is 0 Å². The molecule has 0 unspecified atom stereocenters. The van der Waals surface area contributed by atoms with Crippen molar-refractivity contribution < 1.29 is 9.59 Å². The van der Waals surface area contributed by atoms with Crippen molar-refractivity contribution in [3.8, 4) is 0 Å². The van der Waals surface area contributed by atoms with Gasteiger partial charge in [-0.2, -0.15) is 0 Å². The summed E-state index contributed by atoms with van der Waals surface area (Å²) < 4.78 is 2.41. The third kappa shape index (κ3) is 2.68. The van der Waals surface area contributed by atoms with Crippen LogP contribution in [-0.2, 0) is 5.41 Å². The second kappa shape index (κ2) is 7.16.